The predicted octanol–water partition coefficient (Wildman–Crippen LogP) is 0.598. The van der Waals surface area contributed by atoms with Crippen molar-refractivity contribution in [1.82, 2.24) is 14.8 Å². The van der Waals surface area contributed by atoms with Crippen molar-refractivity contribution in [2.75, 3.05) is 5.75 Å². The molecule has 0 aromatic heterocycles. The van der Waals surface area contributed by atoms with Gasteiger partial charge in [0.25, 0.3) is 11.8 Å². The number of nitroso groups, excluding NO2 is 1. The highest BCUT2D eigenvalue weighted by Gasteiger charge is 2.69. The van der Waals surface area contributed by atoms with E-state index >= 15 is 0 Å². The largest absolute Gasteiger partial charge is 0.614 e. The number of carbonyl (C=O) groups is 3. The van der Waals surface area contributed by atoms with Crippen molar-refractivity contribution >= 4 is 29.0 Å². The van der Waals surface area contributed by atoms with Gasteiger partial charge in [-0.25, -0.2) is 9.80 Å². The van der Waals surface area contributed by atoms with Gasteiger partial charge in [0.15, 0.2) is 18.1 Å². The molecular formula is C19H20N4O6S. The van der Waals surface area contributed by atoms with Crippen LogP contribution in [0.3, 0.4) is 0 Å². The Kier molecular flexibility index (Phi) is 4.62. The fourth-order valence-corrected chi connectivity index (χ4v) is 6.26. The molecule has 3 heterocycles. The molecule has 5 atom stereocenters. The Morgan fingerprint density at radius 2 is 1.90 bits per heavy atom. The maximum absolute atomic E-state index is 13.4. The molecule has 10 nitrogen and oxygen atoms in total. The third kappa shape index (κ3) is 2.58. The highest BCUT2D eigenvalue weighted by atomic mass is 32.2. The molecule has 1 N–H and O–H groups in total. The van der Waals surface area contributed by atoms with E-state index in [2.05, 4.69) is 11.9 Å². The lowest BCUT2D eigenvalue weighted by atomic mass is 9.95. The molecule has 0 radical (unpaired) electrons. The van der Waals surface area contributed by atoms with Crippen LogP contribution in [-0.2, 0) is 25.6 Å². The Bertz CT molecular complexity index is 954. The zero-order valence-corrected chi connectivity index (χ0v) is 17.1. The summed E-state index contributed by atoms with van der Waals surface area (Å²) < 4.78 is 12.8. The number of carboxylic acid groups (broad SMARTS) is 1. The van der Waals surface area contributed by atoms with Gasteiger partial charge in [-0.15, -0.1) is 4.91 Å². The Balaban J connectivity index is 1.74. The zero-order chi connectivity index (χ0) is 22.0. The van der Waals surface area contributed by atoms with Crippen LogP contribution in [-0.4, -0.2) is 71.1 Å². The molecule has 2 amide bonds. The number of fused-ring (bicyclic) bond motifs is 1. The van der Waals surface area contributed by atoms with Gasteiger partial charge in [0.2, 0.25) is 5.37 Å². The average molecular weight is 432 g/mol. The number of benzene rings is 1. The van der Waals surface area contributed by atoms with Crippen molar-refractivity contribution in [2.45, 2.75) is 43.0 Å². The molecule has 0 spiro atoms. The first-order valence-electron chi connectivity index (χ1n) is 9.23. The summed E-state index contributed by atoms with van der Waals surface area (Å²) in [5, 5.41) is 12.7. The van der Waals surface area contributed by atoms with E-state index in [1.54, 1.807) is 44.2 Å². The maximum Gasteiger partial charge on any atom is 0.331 e. The fourth-order valence-electron chi connectivity index (χ4n) is 4.57. The number of rotatable bonds is 4. The number of amides is 2. The third-order valence-corrected chi connectivity index (χ3v) is 7.57. The molecule has 30 heavy (non-hydrogen) atoms. The topological polar surface area (TPSA) is 134 Å². The van der Waals surface area contributed by atoms with E-state index in [0.717, 1.165) is 9.91 Å². The number of aliphatic carboxylic acids is 1. The molecule has 0 aliphatic carbocycles. The van der Waals surface area contributed by atoms with E-state index in [-0.39, 0.29) is 11.3 Å². The summed E-state index contributed by atoms with van der Waals surface area (Å²) in [5.41, 5.74) is -0.583. The van der Waals surface area contributed by atoms with E-state index in [0.29, 0.717) is 5.56 Å². The first-order chi connectivity index (χ1) is 14.1. The highest BCUT2D eigenvalue weighted by molar-refractivity contribution is 7.92. The minimum absolute atomic E-state index is 0.0812. The van der Waals surface area contributed by atoms with Gasteiger partial charge < -0.3 is 9.66 Å². The number of β-lactam (4-membered cyclic amide) rings is 1. The van der Waals surface area contributed by atoms with Crippen molar-refractivity contribution in [3.05, 3.63) is 53.0 Å². The van der Waals surface area contributed by atoms with Crippen LogP contribution in [0.1, 0.15) is 25.5 Å². The van der Waals surface area contributed by atoms with Gasteiger partial charge in [-0.1, -0.05) is 36.9 Å². The maximum atomic E-state index is 13.4. The summed E-state index contributed by atoms with van der Waals surface area (Å²) in [6, 6.07) is 5.08. The fraction of sp³-hybridized carbons (Fsp3) is 0.421. The molecule has 4 unspecified atom stereocenters. The van der Waals surface area contributed by atoms with Gasteiger partial charge in [-0.3, -0.25) is 19.4 Å². The number of carboxylic acids is 1. The smallest absolute Gasteiger partial charge is 0.331 e. The van der Waals surface area contributed by atoms with Crippen molar-refractivity contribution in [2.24, 2.45) is 5.29 Å². The van der Waals surface area contributed by atoms with Crippen LogP contribution in [0.25, 0.3) is 0 Å². The molecule has 3 aliphatic rings. The Labute approximate surface area is 175 Å². The SMILES string of the molecule is C=C1C[S+]([O-])[C@H]2C(N3C(=O)C(c4ccccc4)N(N=O)C3(C)C)C(=O)N2C1C(=O)O. The molecule has 3 fully saturated rings. The molecular weight excluding hydrogens is 412 g/mol. The second-order valence-corrected chi connectivity index (χ2v) is 9.48. The summed E-state index contributed by atoms with van der Waals surface area (Å²) in [7, 11) is 0. The van der Waals surface area contributed by atoms with E-state index in [4.69, 9.17) is 0 Å². The Morgan fingerprint density at radius 3 is 2.47 bits per heavy atom. The van der Waals surface area contributed by atoms with Crippen molar-refractivity contribution < 1.29 is 24.0 Å². The van der Waals surface area contributed by atoms with Crippen LogP contribution in [0.15, 0.2) is 47.8 Å². The van der Waals surface area contributed by atoms with Crippen molar-refractivity contribution in [1.29, 1.82) is 0 Å². The molecule has 1 aromatic rings. The van der Waals surface area contributed by atoms with Crippen LogP contribution in [0, 0.1) is 4.91 Å². The number of hydrogen-bond donors (Lipinski definition) is 1. The monoisotopic (exact) mass is 432 g/mol. The van der Waals surface area contributed by atoms with Crippen LogP contribution in [0.2, 0.25) is 0 Å². The minimum Gasteiger partial charge on any atom is -0.614 e. The molecule has 4 rings (SSSR count). The molecule has 158 valence electrons. The molecule has 1 aromatic carbocycles. The second-order valence-electron chi connectivity index (χ2n) is 7.95. The zero-order valence-electron chi connectivity index (χ0n) is 16.3. The standard InChI is InChI=1S/C19H20N4O6S/c1-10-9-30(29)17-14(15(24)21(17)12(10)18(26)27)22-16(25)13(11-7-5-4-6-8-11)23(20-28)19(22,2)3/h4-8,12-14,17H,1,9H2,2-3H3,(H,26,27)/t12?,13?,14?,17-,30?/m0/s1. The summed E-state index contributed by atoms with van der Waals surface area (Å²) in [6.45, 7) is 6.80. The first kappa shape index (κ1) is 20.4. The van der Waals surface area contributed by atoms with E-state index < -0.39 is 58.1 Å². The summed E-state index contributed by atoms with van der Waals surface area (Å²) >= 11 is -1.64. The molecule has 11 heteroatoms. The molecule has 3 saturated heterocycles. The Morgan fingerprint density at radius 1 is 1.27 bits per heavy atom. The van der Waals surface area contributed by atoms with Crippen molar-refractivity contribution in [3.63, 3.8) is 0 Å². The van der Waals surface area contributed by atoms with E-state index in [1.807, 2.05) is 0 Å². The average Bonchev–Trinajstić information content (AvgIpc) is 2.88. The van der Waals surface area contributed by atoms with Gasteiger partial charge in [0, 0.05) is 5.57 Å². The number of carbonyl (C=O) groups excluding carboxylic acids is 2. The third-order valence-electron chi connectivity index (χ3n) is 5.90. The van der Waals surface area contributed by atoms with E-state index in [1.165, 1.54) is 4.90 Å². The van der Waals surface area contributed by atoms with Gasteiger partial charge in [-0.05, 0) is 30.6 Å². The molecule has 0 bridgehead atoms. The van der Waals surface area contributed by atoms with Gasteiger partial charge in [0.1, 0.15) is 11.4 Å². The van der Waals surface area contributed by atoms with Crippen LogP contribution in [0.4, 0.5) is 0 Å². The lowest BCUT2D eigenvalue weighted by molar-refractivity contribution is -0.172. The van der Waals surface area contributed by atoms with E-state index in [9.17, 15) is 28.9 Å². The van der Waals surface area contributed by atoms with Crippen molar-refractivity contribution in [3.8, 4) is 0 Å². The number of nitrogens with zero attached hydrogens (tertiary/aromatic N) is 4. The normalized spacial score (nSPS) is 32.7. The lowest BCUT2D eigenvalue weighted by Crippen LogP contribution is -2.80. The van der Waals surface area contributed by atoms with Crippen LogP contribution < -0.4 is 0 Å². The van der Waals surface area contributed by atoms with Gasteiger partial charge >= 0.3 is 5.97 Å². The summed E-state index contributed by atoms with van der Waals surface area (Å²) in [4.78, 5) is 52.0. The summed E-state index contributed by atoms with van der Waals surface area (Å²) in [5.74, 6) is -2.51. The number of hydrogen-bond acceptors (Lipinski definition) is 6. The Hall–Kier alpha value is -2.92. The highest BCUT2D eigenvalue weighted by Crippen LogP contribution is 2.47. The lowest BCUT2D eigenvalue weighted by Gasteiger charge is -2.55. The van der Waals surface area contributed by atoms with Gasteiger partial charge in [-0.2, -0.15) is 0 Å². The van der Waals surface area contributed by atoms with Crippen LogP contribution in [0.5, 0.6) is 0 Å². The summed E-state index contributed by atoms with van der Waals surface area (Å²) in [6.07, 6.45) is 0. The predicted molar refractivity (Wildman–Crippen MR) is 106 cm³/mol. The first-order valence-corrected chi connectivity index (χ1v) is 10.6. The van der Waals surface area contributed by atoms with Crippen LogP contribution >= 0.6 is 0 Å². The molecule has 0 saturated carbocycles. The minimum atomic E-state index is -1.64. The molecule has 3 aliphatic heterocycles. The quantitative estimate of drug-likeness (QED) is 0.319. The second kappa shape index (κ2) is 6.81. The van der Waals surface area contributed by atoms with Gasteiger partial charge in [0.05, 0.1) is 5.29 Å².